The van der Waals surface area contributed by atoms with Gasteiger partial charge < -0.3 is 10.4 Å². The van der Waals surface area contributed by atoms with Crippen LogP contribution in [0.25, 0.3) is 0 Å². The van der Waals surface area contributed by atoms with Crippen molar-refractivity contribution in [1.82, 2.24) is 10.4 Å². The van der Waals surface area contributed by atoms with Crippen LogP contribution in [0.15, 0.2) is 0 Å². The molecule has 6 heteroatoms. The monoisotopic (exact) mass is 146 g/mol. The van der Waals surface area contributed by atoms with Crippen LogP contribution in [0.1, 0.15) is 0 Å². The highest BCUT2D eigenvalue weighted by Crippen LogP contribution is 2.02. The van der Waals surface area contributed by atoms with Crippen molar-refractivity contribution in [2.45, 2.75) is 6.23 Å². The molecule has 0 aromatic heterocycles. The van der Waals surface area contributed by atoms with Crippen molar-refractivity contribution in [2.75, 3.05) is 7.11 Å². The molecule has 0 aromatic rings. The molecule has 1 heterocycles. The number of carbonyl (C=O) groups excluding carboxylic acids is 2. The quantitative estimate of drug-likeness (QED) is 0.437. The van der Waals surface area contributed by atoms with Crippen LogP contribution >= 0.6 is 0 Å². The topological polar surface area (TPSA) is 78.9 Å². The number of amides is 3. The Hall–Kier alpha value is -1.14. The van der Waals surface area contributed by atoms with E-state index in [9.17, 15) is 9.59 Å². The molecule has 0 saturated carbocycles. The van der Waals surface area contributed by atoms with Gasteiger partial charge in [-0.15, -0.1) is 5.06 Å². The van der Waals surface area contributed by atoms with Crippen molar-refractivity contribution < 1.29 is 19.5 Å². The Morgan fingerprint density at radius 1 is 1.70 bits per heavy atom. The maximum Gasteiger partial charge on any atom is 0.351 e. The lowest BCUT2D eigenvalue weighted by Gasteiger charge is -2.05. The molecule has 0 radical (unpaired) electrons. The first-order valence-corrected chi connectivity index (χ1v) is 2.53. The van der Waals surface area contributed by atoms with Gasteiger partial charge in [-0.2, -0.15) is 0 Å². The minimum atomic E-state index is -1.47. The van der Waals surface area contributed by atoms with Gasteiger partial charge in [-0.3, -0.25) is 9.63 Å². The predicted octanol–water partition coefficient (Wildman–Crippen LogP) is -1.58. The molecule has 1 rings (SSSR count). The van der Waals surface area contributed by atoms with E-state index in [1.807, 2.05) is 5.32 Å². The van der Waals surface area contributed by atoms with Crippen molar-refractivity contribution in [2.24, 2.45) is 0 Å². The summed E-state index contributed by atoms with van der Waals surface area (Å²) in [5.41, 5.74) is 0. The maximum atomic E-state index is 10.6. The Bertz CT molecular complexity index is 180. The lowest BCUT2D eigenvalue weighted by Crippen LogP contribution is -2.30. The van der Waals surface area contributed by atoms with Gasteiger partial charge in [-0.1, -0.05) is 0 Å². The van der Waals surface area contributed by atoms with E-state index in [0.717, 1.165) is 7.11 Å². The van der Waals surface area contributed by atoms with Crippen molar-refractivity contribution in [3.63, 3.8) is 0 Å². The summed E-state index contributed by atoms with van der Waals surface area (Å²) in [4.78, 5) is 25.5. The van der Waals surface area contributed by atoms with Crippen molar-refractivity contribution in [3.05, 3.63) is 0 Å². The first-order chi connectivity index (χ1) is 4.66. The molecule has 1 aliphatic heterocycles. The second-order valence-electron chi connectivity index (χ2n) is 1.67. The van der Waals surface area contributed by atoms with E-state index in [2.05, 4.69) is 4.84 Å². The molecule has 0 bridgehead atoms. The van der Waals surface area contributed by atoms with Gasteiger partial charge in [-0.05, 0) is 0 Å². The number of aliphatic hydroxyl groups excluding tert-OH is 1. The summed E-state index contributed by atoms with van der Waals surface area (Å²) in [6, 6.07) is -0.750. The zero-order valence-corrected chi connectivity index (χ0v) is 5.20. The number of imide groups is 1. The van der Waals surface area contributed by atoms with Crippen LogP contribution in [-0.2, 0) is 9.63 Å². The van der Waals surface area contributed by atoms with E-state index >= 15 is 0 Å². The van der Waals surface area contributed by atoms with Crippen molar-refractivity contribution in [1.29, 1.82) is 0 Å². The third kappa shape index (κ3) is 0.829. The molecule has 0 aromatic carbocycles. The van der Waals surface area contributed by atoms with E-state index in [4.69, 9.17) is 5.11 Å². The molecule has 1 atom stereocenters. The average molecular weight is 146 g/mol. The molecular weight excluding hydrogens is 140 g/mol. The Morgan fingerprint density at radius 3 is 2.50 bits per heavy atom. The zero-order chi connectivity index (χ0) is 7.72. The average Bonchev–Trinajstić information content (AvgIpc) is 2.09. The molecular formula is C4H6N2O4. The number of hydroxylamine groups is 2. The van der Waals surface area contributed by atoms with Gasteiger partial charge >= 0.3 is 11.9 Å². The normalized spacial score (nSPS) is 25.4. The number of hydrogen-bond acceptors (Lipinski definition) is 4. The zero-order valence-electron chi connectivity index (χ0n) is 5.20. The number of aliphatic hydroxyl groups is 1. The Kier molecular flexibility index (Phi) is 1.56. The summed E-state index contributed by atoms with van der Waals surface area (Å²) >= 11 is 0. The molecule has 6 nitrogen and oxygen atoms in total. The second kappa shape index (κ2) is 2.24. The molecule has 56 valence electrons. The summed E-state index contributed by atoms with van der Waals surface area (Å²) in [7, 11) is 1.16. The lowest BCUT2D eigenvalue weighted by atomic mass is 10.6. The highest BCUT2D eigenvalue weighted by molar-refractivity contribution is 6.01. The first-order valence-electron chi connectivity index (χ1n) is 2.53. The van der Waals surface area contributed by atoms with Crippen LogP contribution in [0.3, 0.4) is 0 Å². The number of nitrogens with one attached hydrogen (secondary N) is 1. The predicted molar refractivity (Wildman–Crippen MR) is 28.4 cm³/mol. The Balaban J connectivity index is 2.74. The summed E-state index contributed by atoms with van der Waals surface area (Å²) in [5, 5.41) is 11.1. The standard InChI is InChI=1S/C4H6N2O4/c1-10-6-3(8)2(7)5-4(6)9/h2,7H,1H3,(H,5,9). The molecule has 1 saturated heterocycles. The number of carbonyl (C=O) groups is 2. The van der Waals surface area contributed by atoms with Gasteiger partial charge in [-0.25, -0.2) is 4.79 Å². The van der Waals surface area contributed by atoms with Crippen LogP contribution < -0.4 is 5.32 Å². The molecule has 1 aliphatic rings. The van der Waals surface area contributed by atoms with E-state index < -0.39 is 18.2 Å². The maximum absolute atomic E-state index is 10.6. The van der Waals surface area contributed by atoms with E-state index in [-0.39, 0.29) is 0 Å². The highest BCUT2D eigenvalue weighted by atomic mass is 16.7. The van der Waals surface area contributed by atoms with Gasteiger partial charge in [0.25, 0.3) is 0 Å². The lowest BCUT2D eigenvalue weighted by molar-refractivity contribution is -0.161. The SMILES string of the molecule is CON1C(=O)NC(O)C1=O. The molecule has 10 heavy (non-hydrogen) atoms. The van der Waals surface area contributed by atoms with Crippen LogP contribution in [0.5, 0.6) is 0 Å². The molecule has 1 fully saturated rings. The van der Waals surface area contributed by atoms with Gasteiger partial charge in [0.05, 0.1) is 7.11 Å². The summed E-state index contributed by atoms with van der Waals surface area (Å²) in [6.07, 6.45) is -1.47. The molecule has 1 unspecified atom stereocenters. The van der Waals surface area contributed by atoms with E-state index in [0.29, 0.717) is 5.06 Å². The summed E-state index contributed by atoms with van der Waals surface area (Å²) in [5.74, 6) is -0.799. The molecule has 3 amide bonds. The van der Waals surface area contributed by atoms with E-state index in [1.165, 1.54) is 0 Å². The smallest absolute Gasteiger partial charge is 0.351 e. The van der Waals surface area contributed by atoms with Crippen LogP contribution in [0, 0.1) is 0 Å². The van der Waals surface area contributed by atoms with Crippen LogP contribution in [0.4, 0.5) is 4.79 Å². The van der Waals surface area contributed by atoms with Crippen molar-refractivity contribution >= 4 is 11.9 Å². The largest absolute Gasteiger partial charge is 0.365 e. The fraction of sp³-hybridized carbons (Fsp3) is 0.500. The molecule has 2 N–H and O–H groups in total. The van der Waals surface area contributed by atoms with Gasteiger partial charge in [0.2, 0.25) is 6.23 Å². The molecule has 0 spiro atoms. The van der Waals surface area contributed by atoms with Crippen molar-refractivity contribution in [3.8, 4) is 0 Å². The van der Waals surface area contributed by atoms with Gasteiger partial charge in [0.15, 0.2) is 0 Å². The molecule has 0 aliphatic carbocycles. The Labute approximate surface area is 56.3 Å². The number of hydrogen-bond donors (Lipinski definition) is 2. The third-order valence-corrected chi connectivity index (χ3v) is 1.06. The highest BCUT2D eigenvalue weighted by Gasteiger charge is 2.37. The first kappa shape index (κ1) is 6.97. The number of nitrogens with zero attached hydrogens (tertiary/aromatic N) is 1. The van der Waals surface area contributed by atoms with Crippen LogP contribution in [0.2, 0.25) is 0 Å². The number of rotatable bonds is 1. The fourth-order valence-electron chi connectivity index (χ4n) is 0.621. The minimum Gasteiger partial charge on any atom is -0.365 e. The Morgan fingerprint density at radius 2 is 2.30 bits per heavy atom. The van der Waals surface area contributed by atoms with Crippen LogP contribution in [-0.4, -0.2) is 35.4 Å². The van der Waals surface area contributed by atoms with Gasteiger partial charge in [0.1, 0.15) is 0 Å². The second-order valence-corrected chi connectivity index (χ2v) is 1.67. The fourth-order valence-corrected chi connectivity index (χ4v) is 0.621. The summed E-state index contributed by atoms with van der Waals surface area (Å²) in [6.45, 7) is 0. The van der Waals surface area contributed by atoms with Gasteiger partial charge in [0, 0.05) is 0 Å². The third-order valence-electron chi connectivity index (χ3n) is 1.06. The number of urea groups is 1. The minimum absolute atomic E-state index is 0.449. The van der Waals surface area contributed by atoms with E-state index in [1.54, 1.807) is 0 Å². The summed E-state index contributed by atoms with van der Waals surface area (Å²) < 4.78 is 0.